The number of anilines is 1. The van der Waals surface area contributed by atoms with Crippen molar-refractivity contribution in [1.82, 2.24) is 0 Å². The van der Waals surface area contributed by atoms with Crippen molar-refractivity contribution in [2.75, 3.05) is 12.4 Å². The molecule has 1 heterocycles. The van der Waals surface area contributed by atoms with Crippen molar-refractivity contribution in [3.05, 3.63) is 47.4 Å². The van der Waals surface area contributed by atoms with Crippen LogP contribution in [-0.4, -0.2) is 13.0 Å². The Morgan fingerprint density at radius 2 is 2.25 bits per heavy atom. The van der Waals surface area contributed by atoms with Crippen LogP contribution < -0.4 is 10.1 Å². The van der Waals surface area contributed by atoms with Gasteiger partial charge in [0.15, 0.2) is 0 Å². The molecule has 1 aromatic carbocycles. The summed E-state index contributed by atoms with van der Waals surface area (Å²) in [5.41, 5.74) is 1.17. The fourth-order valence-electron chi connectivity index (χ4n) is 1.92. The number of carbonyl (C=O) groups excluding carboxylic acids is 1. The molecule has 2 aromatic rings. The second kappa shape index (κ2) is 5.93. The normalized spacial score (nSPS) is 9.85. The summed E-state index contributed by atoms with van der Waals surface area (Å²) in [7, 11) is 1.49. The Balaban J connectivity index is 2.35. The molecule has 0 saturated heterocycles. The second-order valence-electron chi connectivity index (χ2n) is 4.06. The second-order valence-corrected chi connectivity index (χ2v) is 4.06. The summed E-state index contributed by atoms with van der Waals surface area (Å²) < 4.78 is 10.4. The van der Waals surface area contributed by atoms with Gasteiger partial charge in [-0.05, 0) is 18.2 Å². The molecule has 0 aliphatic carbocycles. The molecule has 0 fully saturated rings. The quantitative estimate of drug-likeness (QED) is 0.926. The number of hydrogen-bond donors (Lipinski definition) is 1. The van der Waals surface area contributed by atoms with Gasteiger partial charge in [-0.3, -0.25) is 4.79 Å². The van der Waals surface area contributed by atoms with Crippen LogP contribution in [0.3, 0.4) is 0 Å². The standard InChI is InChI=1S/C15H14N2O3/c1-3-12-11(7-8-20-12)15(18)17-14-10(9-16)5-4-6-13(14)19-2/h4-8H,3H2,1-2H3,(H,17,18). The molecular weight excluding hydrogens is 256 g/mol. The first-order valence-corrected chi connectivity index (χ1v) is 6.16. The number of aryl methyl sites for hydroxylation is 1. The molecule has 1 N–H and O–H groups in total. The summed E-state index contributed by atoms with van der Waals surface area (Å²) in [6, 6.07) is 8.64. The lowest BCUT2D eigenvalue weighted by Gasteiger charge is -2.11. The van der Waals surface area contributed by atoms with E-state index in [1.165, 1.54) is 13.4 Å². The number of hydrogen-bond acceptors (Lipinski definition) is 4. The number of rotatable bonds is 4. The average molecular weight is 270 g/mol. The van der Waals surface area contributed by atoms with E-state index in [2.05, 4.69) is 5.32 Å². The first-order chi connectivity index (χ1) is 9.71. The van der Waals surface area contributed by atoms with Gasteiger partial charge >= 0.3 is 0 Å². The van der Waals surface area contributed by atoms with E-state index < -0.39 is 0 Å². The van der Waals surface area contributed by atoms with Crippen molar-refractivity contribution in [2.24, 2.45) is 0 Å². The first kappa shape index (κ1) is 13.7. The Bertz CT molecular complexity index is 668. The van der Waals surface area contributed by atoms with Gasteiger partial charge in [0, 0.05) is 6.42 Å². The maximum absolute atomic E-state index is 12.3. The molecule has 2 rings (SSSR count). The van der Waals surface area contributed by atoms with Crippen LogP contribution in [0.15, 0.2) is 34.9 Å². The highest BCUT2D eigenvalue weighted by atomic mass is 16.5. The monoisotopic (exact) mass is 270 g/mol. The number of nitriles is 1. The van der Waals surface area contributed by atoms with E-state index in [0.29, 0.717) is 34.7 Å². The third-order valence-corrected chi connectivity index (χ3v) is 2.92. The van der Waals surface area contributed by atoms with E-state index >= 15 is 0 Å². The van der Waals surface area contributed by atoms with E-state index in [1.54, 1.807) is 24.3 Å². The minimum atomic E-state index is -0.323. The highest BCUT2D eigenvalue weighted by Gasteiger charge is 2.17. The molecule has 0 unspecified atom stereocenters. The molecule has 0 bridgehead atoms. The minimum absolute atomic E-state index is 0.323. The lowest BCUT2D eigenvalue weighted by atomic mass is 10.1. The smallest absolute Gasteiger partial charge is 0.259 e. The van der Waals surface area contributed by atoms with Crippen LogP contribution in [0.2, 0.25) is 0 Å². The zero-order valence-electron chi connectivity index (χ0n) is 11.3. The molecule has 0 aliphatic heterocycles. The Labute approximate surface area is 116 Å². The molecular formula is C15H14N2O3. The Kier molecular flexibility index (Phi) is 4.06. The van der Waals surface area contributed by atoms with Crippen molar-refractivity contribution in [1.29, 1.82) is 5.26 Å². The fraction of sp³-hybridized carbons (Fsp3) is 0.200. The van der Waals surface area contributed by atoms with Crippen LogP contribution in [0, 0.1) is 11.3 Å². The first-order valence-electron chi connectivity index (χ1n) is 6.16. The highest BCUT2D eigenvalue weighted by molar-refractivity contribution is 6.06. The lowest BCUT2D eigenvalue weighted by Crippen LogP contribution is -2.14. The molecule has 0 saturated carbocycles. The predicted molar refractivity (Wildman–Crippen MR) is 73.7 cm³/mol. The molecule has 5 nitrogen and oxygen atoms in total. The molecule has 0 atom stereocenters. The van der Waals surface area contributed by atoms with Crippen molar-refractivity contribution in [3.63, 3.8) is 0 Å². The molecule has 0 radical (unpaired) electrons. The number of carbonyl (C=O) groups is 1. The highest BCUT2D eigenvalue weighted by Crippen LogP contribution is 2.28. The lowest BCUT2D eigenvalue weighted by molar-refractivity contribution is 0.102. The maximum Gasteiger partial charge on any atom is 0.259 e. The summed E-state index contributed by atoms with van der Waals surface area (Å²) >= 11 is 0. The zero-order chi connectivity index (χ0) is 14.5. The molecule has 102 valence electrons. The Hall–Kier alpha value is -2.74. The van der Waals surface area contributed by atoms with Crippen molar-refractivity contribution < 1.29 is 13.9 Å². The summed E-state index contributed by atoms with van der Waals surface area (Å²) in [5.74, 6) is 0.728. The Morgan fingerprint density at radius 1 is 1.45 bits per heavy atom. The van der Waals surface area contributed by atoms with Gasteiger partial charge in [-0.25, -0.2) is 0 Å². The number of amides is 1. The van der Waals surface area contributed by atoms with Crippen LogP contribution in [0.4, 0.5) is 5.69 Å². The number of para-hydroxylation sites is 1. The predicted octanol–water partition coefficient (Wildman–Crippen LogP) is 2.97. The molecule has 0 spiro atoms. The van der Waals surface area contributed by atoms with Crippen LogP contribution in [0.25, 0.3) is 0 Å². The third kappa shape index (κ3) is 2.50. The fourth-order valence-corrected chi connectivity index (χ4v) is 1.92. The van der Waals surface area contributed by atoms with Crippen LogP contribution in [-0.2, 0) is 6.42 Å². The summed E-state index contributed by atoms with van der Waals surface area (Å²) in [5, 5.41) is 11.8. The molecule has 20 heavy (non-hydrogen) atoms. The van der Waals surface area contributed by atoms with Gasteiger partial charge in [0.25, 0.3) is 5.91 Å². The van der Waals surface area contributed by atoms with Crippen LogP contribution >= 0.6 is 0 Å². The van der Waals surface area contributed by atoms with Gasteiger partial charge in [-0.1, -0.05) is 13.0 Å². The van der Waals surface area contributed by atoms with Crippen molar-refractivity contribution >= 4 is 11.6 Å². The number of nitrogens with zero attached hydrogens (tertiary/aromatic N) is 1. The number of methoxy groups -OCH3 is 1. The largest absolute Gasteiger partial charge is 0.495 e. The third-order valence-electron chi connectivity index (χ3n) is 2.92. The van der Waals surface area contributed by atoms with Gasteiger partial charge in [0.05, 0.1) is 24.5 Å². The van der Waals surface area contributed by atoms with Crippen LogP contribution in [0.5, 0.6) is 5.75 Å². The molecule has 1 aromatic heterocycles. The van der Waals surface area contributed by atoms with E-state index in [0.717, 1.165) is 0 Å². The van der Waals surface area contributed by atoms with Crippen LogP contribution in [0.1, 0.15) is 28.6 Å². The minimum Gasteiger partial charge on any atom is -0.495 e. The number of furan rings is 1. The molecule has 1 amide bonds. The van der Waals surface area contributed by atoms with E-state index in [-0.39, 0.29) is 5.91 Å². The molecule has 0 aliphatic rings. The topological polar surface area (TPSA) is 75.3 Å². The summed E-state index contributed by atoms with van der Waals surface area (Å²) in [6.07, 6.45) is 2.09. The van der Waals surface area contributed by atoms with E-state index in [4.69, 9.17) is 14.4 Å². The summed E-state index contributed by atoms with van der Waals surface area (Å²) in [4.78, 5) is 12.3. The van der Waals surface area contributed by atoms with Gasteiger partial charge in [-0.15, -0.1) is 0 Å². The average Bonchev–Trinajstić information content (AvgIpc) is 2.95. The number of ether oxygens (including phenoxy) is 1. The zero-order valence-corrected chi connectivity index (χ0v) is 11.3. The SMILES string of the molecule is CCc1occc1C(=O)Nc1c(C#N)cccc1OC. The number of nitrogens with one attached hydrogen (secondary N) is 1. The number of benzene rings is 1. The van der Waals surface area contributed by atoms with Gasteiger partial charge in [-0.2, -0.15) is 5.26 Å². The van der Waals surface area contributed by atoms with E-state index in [9.17, 15) is 4.79 Å². The molecule has 5 heteroatoms. The van der Waals surface area contributed by atoms with Gasteiger partial charge in [0.1, 0.15) is 23.3 Å². The Morgan fingerprint density at radius 3 is 2.90 bits per heavy atom. The van der Waals surface area contributed by atoms with Gasteiger partial charge in [0.2, 0.25) is 0 Å². The van der Waals surface area contributed by atoms with E-state index in [1.807, 2.05) is 13.0 Å². The maximum atomic E-state index is 12.3. The summed E-state index contributed by atoms with van der Waals surface area (Å²) in [6.45, 7) is 1.90. The van der Waals surface area contributed by atoms with Crippen molar-refractivity contribution in [3.8, 4) is 11.8 Å². The van der Waals surface area contributed by atoms with Crippen molar-refractivity contribution in [2.45, 2.75) is 13.3 Å². The van der Waals surface area contributed by atoms with Gasteiger partial charge < -0.3 is 14.5 Å².